The minimum Gasteiger partial charge on any atom is -0.457 e. The zero-order valence-electron chi connectivity index (χ0n) is 23.4. The topological polar surface area (TPSA) is 52.5 Å². The van der Waals surface area contributed by atoms with E-state index in [4.69, 9.17) is 15.5 Å². The zero-order chi connectivity index (χ0) is 28.5. The first-order chi connectivity index (χ1) is 21.2. The third-order valence-corrected chi connectivity index (χ3v) is 9.17. The van der Waals surface area contributed by atoms with Crippen LogP contribution in [0.5, 0.6) is 11.5 Å². The lowest BCUT2D eigenvalue weighted by atomic mass is 9.66. The molecule has 0 bridgehead atoms. The Kier molecular flexibility index (Phi) is 5.00. The second-order valence-corrected chi connectivity index (χ2v) is 11.3. The number of hydrogen-bond acceptors (Lipinski definition) is 3. The van der Waals surface area contributed by atoms with E-state index < -0.39 is 5.41 Å². The Morgan fingerprint density at radius 1 is 0.605 bits per heavy atom. The molecule has 6 aromatic carbocycles. The molecular weight excluding hydrogens is 526 g/mol. The fourth-order valence-corrected chi connectivity index (χ4v) is 7.41. The van der Waals surface area contributed by atoms with Gasteiger partial charge in [0, 0.05) is 39.1 Å². The summed E-state index contributed by atoms with van der Waals surface area (Å²) in [5, 5.41) is 2.47. The molecule has 43 heavy (non-hydrogen) atoms. The summed E-state index contributed by atoms with van der Waals surface area (Å²) in [6.45, 7) is 0.618. The molecule has 0 fully saturated rings. The molecule has 7 aromatic rings. The summed E-state index contributed by atoms with van der Waals surface area (Å²) in [4.78, 5) is 4.75. The molecule has 0 atom stereocenters. The van der Waals surface area contributed by atoms with Gasteiger partial charge in [0.15, 0.2) is 0 Å². The summed E-state index contributed by atoms with van der Waals surface area (Å²) in [5.41, 5.74) is 17.0. The predicted molar refractivity (Wildman–Crippen MR) is 176 cm³/mol. The van der Waals surface area contributed by atoms with Gasteiger partial charge in [0.25, 0.3) is 0 Å². The normalized spacial score (nSPS) is 14.0. The van der Waals surface area contributed by atoms with E-state index in [0.29, 0.717) is 12.2 Å². The lowest BCUT2D eigenvalue weighted by molar-refractivity contribution is 0.436. The van der Waals surface area contributed by atoms with Gasteiger partial charge in [-0.1, -0.05) is 91.0 Å². The summed E-state index contributed by atoms with van der Waals surface area (Å²) >= 11 is 0. The van der Waals surface area contributed by atoms with Crippen molar-refractivity contribution in [1.82, 2.24) is 4.57 Å². The molecule has 4 heteroatoms. The number of para-hydroxylation sites is 5. The number of aromatic nitrogens is 1. The maximum atomic E-state index is 6.53. The van der Waals surface area contributed by atoms with E-state index in [-0.39, 0.29) is 0 Å². The maximum absolute atomic E-state index is 6.53. The summed E-state index contributed by atoms with van der Waals surface area (Å²) in [5.74, 6) is 1.80. The Hall–Kier alpha value is -5.61. The Labute approximate surface area is 249 Å². The van der Waals surface area contributed by atoms with Crippen LogP contribution >= 0.6 is 0 Å². The van der Waals surface area contributed by atoms with Gasteiger partial charge in [0.05, 0.1) is 23.3 Å². The number of benzene rings is 6. The van der Waals surface area contributed by atoms with E-state index in [1.54, 1.807) is 0 Å². The lowest BCUT2D eigenvalue weighted by Gasteiger charge is -2.39. The molecule has 2 aliphatic rings. The summed E-state index contributed by atoms with van der Waals surface area (Å²) < 4.78 is 8.90. The first-order valence-corrected chi connectivity index (χ1v) is 14.6. The molecule has 1 aromatic heterocycles. The molecule has 0 radical (unpaired) electrons. The van der Waals surface area contributed by atoms with Crippen molar-refractivity contribution in [1.29, 1.82) is 0 Å². The first-order valence-electron chi connectivity index (χ1n) is 14.6. The average molecular weight is 554 g/mol. The van der Waals surface area contributed by atoms with Crippen molar-refractivity contribution in [2.24, 2.45) is 4.99 Å². The van der Waals surface area contributed by atoms with Gasteiger partial charge >= 0.3 is 0 Å². The molecule has 2 heterocycles. The Bertz CT molecular complexity index is 2230. The van der Waals surface area contributed by atoms with Crippen LogP contribution in [0.25, 0.3) is 32.9 Å². The molecule has 1 aliphatic heterocycles. The monoisotopic (exact) mass is 553 g/mol. The van der Waals surface area contributed by atoms with Gasteiger partial charge in [-0.3, -0.25) is 4.99 Å². The second-order valence-electron chi connectivity index (χ2n) is 11.3. The zero-order valence-corrected chi connectivity index (χ0v) is 23.4. The van der Waals surface area contributed by atoms with Crippen LogP contribution in [0.15, 0.2) is 138 Å². The molecule has 0 saturated heterocycles. The molecular formula is C39H27N3O. The summed E-state index contributed by atoms with van der Waals surface area (Å²) in [7, 11) is 0. The summed E-state index contributed by atoms with van der Waals surface area (Å²) in [6.07, 6.45) is 1.97. The third-order valence-electron chi connectivity index (χ3n) is 9.17. The largest absolute Gasteiger partial charge is 0.457 e. The quantitative estimate of drug-likeness (QED) is 0.175. The molecule has 4 nitrogen and oxygen atoms in total. The number of rotatable bonds is 3. The molecule has 0 amide bonds. The standard InChI is InChI=1S/C39H27N3O/c40-33-16-6-7-17-34(33)41-21-22-42-35-18-8-2-12-26(35)28-23-27-25-11-1-3-13-29(25)39(32(27)24-36(28)42)30-14-4-9-19-37(30)43-38-20-10-5-15-31(38)39/h1-21,23-24H,22,40H2/b41-21-. The maximum Gasteiger partial charge on any atom is 0.132 e. The highest BCUT2D eigenvalue weighted by atomic mass is 16.5. The van der Waals surface area contributed by atoms with Crippen LogP contribution in [0.4, 0.5) is 11.4 Å². The van der Waals surface area contributed by atoms with Gasteiger partial charge in [0.1, 0.15) is 11.5 Å². The Balaban J connectivity index is 1.36. The predicted octanol–water partition coefficient (Wildman–Crippen LogP) is 9.25. The van der Waals surface area contributed by atoms with Crippen molar-refractivity contribution in [2.45, 2.75) is 12.0 Å². The van der Waals surface area contributed by atoms with Crippen LogP contribution in [-0.2, 0) is 12.0 Å². The van der Waals surface area contributed by atoms with Crippen molar-refractivity contribution in [3.05, 3.63) is 156 Å². The van der Waals surface area contributed by atoms with Gasteiger partial charge < -0.3 is 15.0 Å². The number of nitrogen functional groups attached to an aromatic ring is 1. The van der Waals surface area contributed by atoms with Crippen molar-refractivity contribution >= 4 is 39.4 Å². The molecule has 0 saturated carbocycles. The van der Waals surface area contributed by atoms with Gasteiger partial charge in [-0.2, -0.15) is 0 Å². The molecule has 0 unspecified atom stereocenters. The molecule has 2 N–H and O–H groups in total. The van der Waals surface area contributed by atoms with Crippen molar-refractivity contribution in [3.8, 4) is 22.6 Å². The smallest absolute Gasteiger partial charge is 0.132 e. The number of nitrogens with two attached hydrogens (primary N) is 1. The molecule has 1 aliphatic carbocycles. The number of fused-ring (bicyclic) bond motifs is 12. The van der Waals surface area contributed by atoms with Crippen LogP contribution in [0, 0.1) is 0 Å². The second kappa shape index (κ2) is 8.94. The van der Waals surface area contributed by atoms with Crippen molar-refractivity contribution in [2.75, 3.05) is 5.73 Å². The first kappa shape index (κ1) is 24.0. The van der Waals surface area contributed by atoms with Gasteiger partial charge in [0.2, 0.25) is 0 Å². The number of aliphatic imine (C=N–C) groups is 1. The van der Waals surface area contributed by atoms with Crippen LogP contribution in [0.2, 0.25) is 0 Å². The van der Waals surface area contributed by atoms with Gasteiger partial charge in [-0.15, -0.1) is 0 Å². The fraction of sp³-hybridized carbons (Fsp3) is 0.0513. The third kappa shape index (κ3) is 3.23. The number of anilines is 1. The van der Waals surface area contributed by atoms with Crippen LogP contribution < -0.4 is 10.5 Å². The SMILES string of the molecule is Nc1ccccc1/N=C\Cn1c2ccccc2c2cc3c(cc21)C1(c2ccccc2Oc2ccccc21)c1ccccc1-3. The highest BCUT2D eigenvalue weighted by molar-refractivity contribution is 6.11. The Morgan fingerprint density at radius 2 is 1.26 bits per heavy atom. The number of hydrogen-bond donors (Lipinski definition) is 1. The molecule has 1 spiro atoms. The van der Waals surface area contributed by atoms with E-state index in [9.17, 15) is 0 Å². The van der Waals surface area contributed by atoms with E-state index in [2.05, 4.69) is 114 Å². The van der Waals surface area contributed by atoms with E-state index >= 15 is 0 Å². The molecule has 9 rings (SSSR count). The van der Waals surface area contributed by atoms with Gasteiger partial charge in [-0.05, 0) is 64.7 Å². The highest BCUT2D eigenvalue weighted by Crippen LogP contribution is 2.62. The van der Waals surface area contributed by atoms with Crippen molar-refractivity contribution < 1.29 is 4.74 Å². The van der Waals surface area contributed by atoms with E-state index in [0.717, 1.165) is 17.2 Å². The minimum absolute atomic E-state index is 0.501. The van der Waals surface area contributed by atoms with Crippen LogP contribution in [0.3, 0.4) is 0 Å². The number of nitrogens with zero attached hydrogens (tertiary/aromatic N) is 2. The van der Waals surface area contributed by atoms with Crippen LogP contribution in [0.1, 0.15) is 22.3 Å². The Morgan fingerprint density at radius 3 is 2.05 bits per heavy atom. The summed E-state index contributed by atoms with van der Waals surface area (Å²) in [6, 6.07) is 47.1. The lowest BCUT2D eigenvalue weighted by Crippen LogP contribution is -2.32. The van der Waals surface area contributed by atoms with E-state index in [1.165, 1.54) is 55.2 Å². The minimum atomic E-state index is -0.501. The van der Waals surface area contributed by atoms with E-state index in [1.807, 2.05) is 30.5 Å². The van der Waals surface area contributed by atoms with Gasteiger partial charge in [-0.25, -0.2) is 0 Å². The number of ether oxygens (including phenoxy) is 1. The molecule has 204 valence electrons. The highest BCUT2D eigenvalue weighted by Gasteiger charge is 2.51. The average Bonchev–Trinajstić information content (AvgIpc) is 3.51. The fourth-order valence-electron chi connectivity index (χ4n) is 7.41. The van der Waals surface area contributed by atoms with Crippen LogP contribution in [-0.4, -0.2) is 10.8 Å². The van der Waals surface area contributed by atoms with Crippen molar-refractivity contribution in [3.63, 3.8) is 0 Å².